The molecule has 0 spiro atoms. The van der Waals surface area contributed by atoms with Gasteiger partial charge in [0.1, 0.15) is 0 Å². The third-order valence-corrected chi connectivity index (χ3v) is 4.62. The number of hydrogen-bond acceptors (Lipinski definition) is 3. The number of aromatic nitrogens is 2. The van der Waals surface area contributed by atoms with Crippen molar-refractivity contribution in [3.63, 3.8) is 0 Å². The fourth-order valence-electron chi connectivity index (χ4n) is 3.01. The Morgan fingerprint density at radius 2 is 1.95 bits per heavy atom. The van der Waals surface area contributed by atoms with Crippen molar-refractivity contribution in [2.75, 3.05) is 0 Å². The zero-order valence-electron chi connectivity index (χ0n) is 13.3. The monoisotopic (exact) mass is 297 g/mol. The molecule has 0 saturated heterocycles. The average Bonchev–Trinajstić information content (AvgIpc) is 3.03. The quantitative estimate of drug-likeness (QED) is 0.911. The molecular weight excluding hydrogens is 274 g/mol. The smallest absolute Gasteiger partial charge is 0.268 e. The van der Waals surface area contributed by atoms with Crippen molar-refractivity contribution < 1.29 is 0 Å². The zero-order valence-corrected chi connectivity index (χ0v) is 13.3. The van der Waals surface area contributed by atoms with E-state index in [0.717, 1.165) is 16.8 Å². The standard InChI is InChI=1S/C18H23N3O/c1-12-7-8-14(9-13(12)2)17-10-15(18(22)21-20-17)11-19-16-5-3-4-6-16/h7-10,16,19H,3-6,11H2,1-2H3,(H,21,22). The first kappa shape index (κ1) is 15.0. The van der Waals surface area contributed by atoms with Crippen LogP contribution in [0.15, 0.2) is 29.1 Å². The van der Waals surface area contributed by atoms with E-state index in [9.17, 15) is 4.79 Å². The molecule has 2 N–H and O–H groups in total. The molecule has 4 nitrogen and oxygen atoms in total. The van der Waals surface area contributed by atoms with Crippen molar-refractivity contribution in [1.29, 1.82) is 0 Å². The number of nitrogens with one attached hydrogen (secondary N) is 2. The molecule has 1 heterocycles. The largest absolute Gasteiger partial charge is 0.310 e. The number of aryl methyl sites for hydroxylation is 2. The minimum absolute atomic E-state index is 0.0990. The lowest BCUT2D eigenvalue weighted by atomic mass is 10.0. The number of hydrogen-bond donors (Lipinski definition) is 2. The first-order valence-corrected chi connectivity index (χ1v) is 8.03. The van der Waals surface area contributed by atoms with Crippen molar-refractivity contribution >= 4 is 0 Å². The Morgan fingerprint density at radius 1 is 1.18 bits per heavy atom. The van der Waals surface area contributed by atoms with Gasteiger partial charge in [0, 0.05) is 23.7 Å². The molecule has 0 amide bonds. The molecule has 0 unspecified atom stereocenters. The van der Waals surface area contributed by atoms with Crippen LogP contribution in [0.3, 0.4) is 0 Å². The summed E-state index contributed by atoms with van der Waals surface area (Å²) < 4.78 is 0. The average molecular weight is 297 g/mol. The van der Waals surface area contributed by atoms with Crippen LogP contribution in [0.1, 0.15) is 42.4 Å². The van der Waals surface area contributed by atoms with Crippen molar-refractivity contribution in [2.45, 2.75) is 52.1 Å². The second kappa shape index (κ2) is 6.44. The van der Waals surface area contributed by atoms with Gasteiger partial charge in [-0.25, -0.2) is 5.10 Å². The third kappa shape index (κ3) is 3.28. The van der Waals surface area contributed by atoms with Gasteiger partial charge in [0.15, 0.2) is 0 Å². The van der Waals surface area contributed by atoms with E-state index in [2.05, 4.69) is 47.6 Å². The lowest BCUT2D eigenvalue weighted by Crippen LogP contribution is -2.29. The fraction of sp³-hybridized carbons (Fsp3) is 0.444. The summed E-state index contributed by atoms with van der Waals surface area (Å²) in [6, 6.07) is 8.72. The van der Waals surface area contributed by atoms with Gasteiger partial charge >= 0.3 is 0 Å². The summed E-state index contributed by atoms with van der Waals surface area (Å²) >= 11 is 0. The van der Waals surface area contributed by atoms with Crippen LogP contribution in [-0.4, -0.2) is 16.2 Å². The van der Waals surface area contributed by atoms with Gasteiger partial charge < -0.3 is 5.32 Å². The Balaban J connectivity index is 1.82. The summed E-state index contributed by atoms with van der Waals surface area (Å²) in [6.07, 6.45) is 5.01. The van der Waals surface area contributed by atoms with Gasteiger partial charge in [0.2, 0.25) is 0 Å². The minimum atomic E-state index is -0.0990. The van der Waals surface area contributed by atoms with Crippen LogP contribution in [0.25, 0.3) is 11.3 Å². The van der Waals surface area contributed by atoms with Crippen LogP contribution in [0, 0.1) is 13.8 Å². The Morgan fingerprint density at radius 3 is 2.68 bits per heavy atom. The van der Waals surface area contributed by atoms with Crippen LogP contribution < -0.4 is 10.9 Å². The van der Waals surface area contributed by atoms with E-state index in [4.69, 9.17) is 0 Å². The highest BCUT2D eigenvalue weighted by molar-refractivity contribution is 5.60. The minimum Gasteiger partial charge on any atom is -0.310 e. The highest BCUT2D eigenvalue weighted by Gasteiger charge is 2.15. The lowest BCUT2D eigenvalue weighted by Gasteiger charge is -2.12. The Labute approximate surface area is 131 Å². The van der Waals surface area contributed by atoms with Gasteiger partial charge in [-0.2, -0.15) is 5.10 Å². The maximum absolute atomic E-state index is 12.0. The van der Waals surface area contributed by atoms with E-state index in [-0.39, 0.29) is 5.56 Å². The number of aromatic amines is 1. The summed E-state index contributed by atoms with van der Waals surface area (Å²) in [6.45, 7) is 4.80. The second-order valence-electron chi connectivity index (χ2n) is 6.27. The van der Waals surface area contributed by atoms with E-state index in [1.54, 1.807) is 0 Å². The van der Waals surface area contributed by atoms with E-state index in [1.807, 2.05) is 6.07 Å². The maximum Gasteiger partial charge on any atom is 0.268 e. The summed E-state index contributed by atoms with van der Waals surface area (Å²) in [5.41, 5.74) is 5.02. The van der Waals surface area contributed by atoms with E-state index >= 15 is 0 Å². The van der Waals surface area contributed by atoms with Crippen LogP contribution in [-0.2, 0) is 6.54 Å². The Bertz CT molecular complexity index is 715. The van der Waals surface area contributed by atoms with E-state index in [0.29, 0.717) is 12.6 Å². The molecule has 1 aliphatic rings. The first-order chi connectivity index (χ1) is 10.6. The maximum atomic E-state index is 12.0. The molecular formula is C18H23N3O. The van der Waals surface area contributed by atoms with Gasteiger partial charge in [-0.15, -0.1) is 0 Å². The molecule has 3 rings (SSSR count). The van der Waals surface area contributed by atoms with Crippen LogP contribution >= 0.6 is 0 Å². The zero-order chi connectivity index (χ0) is 15.5. The molecule has 0 atom stereocenters. The van der Waals surface area contributed by atoms with Gasteiger partial charge in [0.05, 0.1) is 5.69 Å². The molecule has 1 aliphatic carbocycles. The van der Waals surface area contributed by atoms with E-state index in [1.165, 1.54) is 36.8 Å². The number of H-pyrrole nitrogens is 1. The predicted octanol–water partition coefficient (Wildman–Crippen LogP) is 3.09. The highest BCUT2D eigenvalue weighted by atomic mass is 16.1. The predicted molar refractivity (Wildman–Crippen MR) is 88.9 cm³/mol. The molecule has 0 aliphatic heterocycles. The molecule has 4 heteroatoms. The fourth-order valence-corrected chi connectivity index (χ4v) is 3.01. The van der Waals surface area contributed by atoms with Crippen molar-refractivity contribution in [3.8, 4) is 11.3 Å². The van der Waals surface area contributed by atoms with Crippen molar-refractivity contribution in [3.05, 3.63) is 51.3 Å². The van der Waals surface area contributed by atoms with Crippen LogP contribution in [0.2, 0.25) is 0 Å². The number of rotatable bonds is 4. The summed E-state index contributed by atoms with van der Waals surface area (Å²) in [4.78, 5) is 12.0. The molecule has 1 aromatic carbocycles. The second-order valence-corrected chi connectivity index (χ2v) is 6.27. The van der Waals surface area contributed by atoms with Gasteiger partial charge in [-0.3, -0.25) is 4.79 Å². The third-order valence-electron chi connectivity index (χ3n) is 4.62. The molecule has 116 valence electrons. The number of benzene rings is 1. The molecule has 1 aromatic heterocycles. The highest BCUT2D eigenvalue weighted by Crippen LogP contribution is 2.20. The summed E-state index contributed by atoms with van der Waals surface area (Å²) in [5.74, 6) is 0. The van der Waals surface area contributed by atoms with Crippen molar-refractivity contribution in [1.82, 2.24) is 15.5 Å². The Hall–Kier alpha value is -1.94. The normalized spacial score (nSPS) is 15.4. The van der Waals surface area contributed by atoms with Crippen LogP contribution in [0.4, 0.5) is 0 Å². The summed E-state index contributed by atoms with van der Waals surface area (Å²) in [7, 11) is 0. The lowest BCUT2D eigenvalue weighted by molar-refractivity contribution is 0.522. The van der Waals surface area contributed by atoms with Gasteiger partial charge in [-0.1, -0.05) is 25.0 Å². The molecule has 22 heavy (non-hydrogen) atoms. The molecule has 2 aromatic rings. The van der Waals surface area contributed by atoms with E-state index < -0.39 is 0 Å². The first-order valence-electron chi connectivity index (χ1n) is 8.03. The summed E-state index contributed by atoms with van der Waals surface area (Å²) in [5, 5.41) is 10.3. The topological polar surface area (TPSA) is 57.8 Å². The molecule has 0 bridgehead atoms. The number of nitrogens with zero attached hydrogens (tertiary/aromatic N) is 1. The molecule has 1 saturated carbocycles. The van der Waals surface area contributed by atoms with Crippen LogP contribution in [0.5, 0.6) is 0 Å². The van der Waals surface area contributed by atoms with Crippen molar-refractivity contribution in [2.24, 2.45) is 0 Å². The SMILES string of the molecule is Cc1ccc(-c2cc(CNC3CCCC3)c(=O)[nH]n2)cc1C. The Kier molecular flexibility index (Phi) is 4.39. The van der Waals surface area contributed by atoms with Gasteiger partial charge in [-0.05, 0) is 49.9 Å². The molecule has 1 fully saturated rings. The van der Waals surface area contributed by atoms with Gasteiger partial charge in [0.25, 0.3) is 5.56 Å². The molecule has 0 radical (unpaired) electrons.